The van der Waals surface area contributed by atoms with Crippen molar-refractivity contribution in [2.45, 2.75) is 32.9 Å². The average molecular weight is 318 g/mol. The fraction of sp³-hybridized carbons (Fsp3) is 0.278. The van der Waals surface area contributed by atoms with Gasteiger partial charge in [0, 0.05) is 11.6 Å². The maximum Gasteiger partial charge on any atom is 0.315 e. The molecule has 2 atom stereocenters. The summed E-state index contributed by atoms with van der Waals surface area (Å²) >= 11 is 0. The standard InChI is InChI=1S/C18H20F2N2O/c1-11-6-4-5-7-15(11)12(2)21-18(23)22-13(3)16-9-8-14(19)10-17(16)20/h4-10,12-13H,1-3H3,(H2,21,22,23)/t12-,13-/m1/s1. The fourth-order valence-electron chi connectivity index (χ4n) is 2.52. The molecule has 0 saturated heterocycles. The molecule has 0 heterocycles. The quantitative estimate of drug-likeness (QED) is 0.862. The molecular weight excluding hydrogens is 298 g/mol. The molecule has 0 saturated carbocycles. The van der Waals surface area contributed by atoms with Gasteiger partial charge in [0.1, 0.15) is 11.6 Å². The molecule has 0 fully saturated rings. The third-order valence-electron chi connectivity index (χ3n) is 3.78. The van der Waals surface area contributed by atoms with Gasteiger partial charge in [0.25, 0.3) is 0 Å². The Morgan fingerprint density at radius 1 is 0.957 bits per heavy atom. The zero-order valence-electron chi connectivity index (χ0n) is 13.4. The second-order valence-corrected chi connectivity index (χ2v) is 5.58. The van der Waals surface area contributed by atoms with Gasteiger partial charge >= 0.3 is 6.03 Å². The predicted molar refractivity (Wildman–Crippen MR) is 86.0 cm³/mol. The Kier molecular flexibility index (Phi) is 5.32. The van der Waals surface area contributed by atoms with Gasteiger partial charge in [0.2, 0.25) is 0 Å². The number of hydrogen-bond donors (Lipinski definition) is 2. The maximum absolute atomic E-state index is 13.7. The van der Waals surface area contributed by atoms with E-state index < -0.39 is 23.7 Å². The SMILES string of the molecule is Cc1ccccc1[C@@H](C)NC(=O)N[C@H](C)c1ccc(F)cc1F. The van der Waals surface area contributed by atoms with Crippen molar-refractivity contribution in [2.24, 2.45) is 0 Å². The molecule has 0 aliphatic rings. The highest BCUT2D eigenvalue weighted by Gasteiger charge is 2.16. The lowest BCUT2D eigenvalue weighted by atomic mass is 10.0. The Morgan fingerprint density at radius 3 is 2.17 bits per heavy atom. The van der Waals surface area contributed by atoms with Gasteiger partial charge in [0.05, 0.1) is 12.1 Å². The summed E-state index contributed by atoms with van der Waals surface area (Å²) in [5, 5.41) is 5.49. The molecule has 0 aliphatic carbocycles. The Hall–Kier alpha value is -2.43. The van der Waals surface area contributed by atoms with Gasteiger partial charge in [-0.15, -0.1) is 0 Å². The molecule has 23 heavy (non-hydrogen) atoms. The van der Waals surface area contributed by atoms with E-state index >= 15 is 0 Å². The Morgan fingerprint density at radius 2 is 1.57 bits per heavy atom. The van der Waals surface area contributed by atoms with Crippen LogP contribution in [0.25, 0.3) is 0 Å². The Labute approximate surface area is 134 Å². The molecule has 3 nitrogen and oxygen atoms in total. The van der Waals surface area contributed by atoms with Gasteiger partial charge in [-0.3, -0.25) is 0 Å². The number of halogens is 2. The summed E-state index contributed by atoms with van der Waals surface area (Å²) in [5.74, 6) is -1.32. The van der Waals surface area contributed by atoms with Crippen LogP contribution in [-0.4, -0.2) is 6.03 Å². The van der Waals surface area contributed by atoms with Gasteiger partial charge < -0.3 is 10.6 Å². The number of urea groups is 1. The number of amides is 2. The van der Waals surface area contributed by atoms with E-state index in [9.17, 15) is 13.6 Å². The van der Waals surface area contributed by atoms with Crippen LogP contribution in [0.2, 0.25) is 0 Å². The van der Waals surface area contributed by atoms with E-state index in [1.807, 2.05) is 38.1 Å². The zero-order valence-corrected chi connectivity index (χ0v) is 13.4. The first-order valence-corrected chi connectivity index (χ1v) is 7.46. The number of rotatable bonds is 4. The average Bonchev–Trinajstić information content (AvgIpc) is 2.47. The molecule has 0 radical (unpaired) electrons. The van der Waals surface area contributed by atoms with Crippen LogP contribution in [0.3, 0.4) is 0 Å². The van der Waals surface area contributed by atoms with Crippen molar-refractivity contribution < 1.29 is 13.6 Å². The monoisotopic (exact) mass is 318 g/mol. The van der Waals surface area contributed by atoms with Crippen LogP contribution in [0.5, 0.6) is 0 Å². The number of carbonyl (C=O) groups is 1. The molecule has 2 rings (SSSR count). The topological polar surface area (TPSA) is 41.1 Å². The summed E-state index contributed by atoms with van der Waals surface area (Å²) in [6, 6.07) is 9.93. The minimum absolute atomic E-state index is 0.179. The summed E-state index contributed by atoms with van der Waals surface area (Å²) in [7, 11) is 0. The van der Waals surface area contributed by atoms with Crippen molar-refractivity contribution in [1.29, 1.82) is 0 Å². The summed E-state index contributed by atoms with van der Waals surface area (Å²) in [6.45, 7) is 5.50. The highest BCUT2D eigenvalue weighted by molar-refractivity contribution is 5.75. The van der Waals surface area contributed by atoms with E-state index in [4.69, 9.17) is 0 Å². The molecular formula is C18H20F2N2O. The largest absolute Gasteiger partial charge is 0.332 e. The van der Waals surface area contributed by atoms with E-state index in [0.717, 1.165) is 17.2 Å². The lowest BCUT2D eigenvalue weighted by Gasteiger charge is -2.20. The number of aryl methyl sites for hydroxylation is 1. The number of carbonyl (C=O) groups excluding carboxylic acids is 1. The molecule has 2 aromatic carbocycles. The van der Waals surface area contributed by atoms with Crippen molar-refractivity contribution >= 4 is 6.03 Å². The third kappa shape index (κ3) is 4.28. The van der Waals surface area contributed by atoms with Crippen molar-refractivity contribution in [3.63, 3.8) is 0 Å². The van der Waals surface area contributed by atoms with Crippen LogP contribution in [0.1, 0.15) is 42.6 Å². The first-order valence-electron chi connectivity index (χ1n) is 7.46. The molecule has 122 valence electrons. The van der Waals surface area contributed by atoms with Gasteiger partial charge in [-0.1, -0.05) is 30.3 Å². The van der Waals surface area contributed by atoms with Gasteiger partial charge in [-0.2, -0.15) is 0 Å². The summed E-state index contributed by atoms with van der Waals surface area (Å²) in [6.07, 6.45) is 0. The molecule has 0 bridgehead atoms. The summed E-state index contributed by atoms with van der Waals surface area (Å²) in [5.41, 5.74) is 2.34. The molecule has 5 heteroatoms. The van der Waals surface area contributed by atoms with Gasteiger partial charge in [-0.05, 0) is 38.0 Å². The first kappa shape index (κ1) is 16.9. The summed E-state index contributed by atoms with van der Waals surface area (Å²) < 4.78 is 26.7. The predicted octanol–water partition coefficient (Wildman–Crippen LogP) is 4.39. The van der Waals surface area contributed by atoms with E-state index in [0.29, 0.717) is 0 Å². The first-order chi connectivity index (χ1) is 10.9. The lowest BCUT2D eigenvalue weighted by Crippen LogP contribution is -2.38. The van der Waals surface area contributed by atoms with Crippen molar-refractivity contribution in [3.05, 3.63) is 70.8 Å². The van der Waals surface area contributed by atoms with Crippen molar-refractivity contribution in [3.8, 4) is 0 Å². The molecule has 0 aromatic heterocycles. The minimum Gasteiger partial charge on any atom is -0.332 e. The minimum atomic E-state index is -0.676. The number of nitrogens with one attached hydrogen (secondary N) is 2. The Balaban J connectivity index is 2.00. The molecule has 2 N–H and O–H groups in total. The highest BCUT2D eigenvalue weighted by Crippen LogP contribution is 2.19. The van der Waals surface area contributed by atoms with Crippen LogP contribution < -0.4 is 10.6 Å². The second kappa shape index (κ2) is 7.22. The van der Waals surface area contributed by atoms with E-state index in [2.05, 4.69) is 10.6 Å². The van der Waals surface area contributed by atoms with Gasteiger partial charge in [-0.25, -0.2) is 13.6 Å². The van der Waals surface area contributed by atoms with Crippen LogP contribution in [0.15, 0.2) is 42.5 Å². The molecule has 2 aromatic rings. The fourth-order valence-corrected chi connectivity index (χ4v) is 2.52. The van der Waals surface area contributed by atoms with Crippen LogP contribution in [-0.2, 0) is 0 Å². The summed E-state index contributed by atoms with van der Waals surface area (Å²) in [4.78, 5) is 12.1. The molecule has 2 amide bonds. The number of hydrogen-bond acceptors (Lipinski definition) is 1. The van der Waals surface area contributed by atoms with Crippen LogP contribution in [0.4, 0.5) is 13.6 Å². The van der Waals surface area contributed by atoms with E-state index in [1.54, 1.807) is 6.92 Å². The molecule has 0 aliphatic heterocycles. The van der Waals surface area contributed by atoms with Gasteiger partial charge in [0.15, 0.2) is 0 Å². The van der Waals surface area contributed by atoms with Crippen LogP contribution >= 0.6 is 0 Å². The normalized spacial score (nSPS) is 13.3. The smallest absolute Gasteiger partial charge is 0.315 e. The number of benzene rings is 2. The lowest BCUT2D eigenvalue weighted by molar-refractivity contribution is 0.234. The zero-order chi connectivity index (χ0) is 17.0. The van der Waals surface area contributed by atoms with Crippen molar-refractivity contribution in [2.75, 3.05) is 0 Å². The Bertz CT molecular complexity index is 703. The van der Waals surface area contributed by atoms with E-state index in [-0.39, 0.29) is 11.6 Å². The molecule has 0 unspecified atom stereocenters. The van der Waals surface area contributed by atoms with Crippen molar-refractivity contribution in [1.82, 2.24) is 10.6 Å². The third-order valence-corrected chi connectivity index (χ3v) is 3.78. The van der Waals surface area contributed by atoms with E-state index in [1.165, 1.54) is 12.1 Å². The molecule has 0 spiro atoms. The van der Waals surface area contributed by atoms with Crippen LogP contribution in [0, 0.1) is 18.6 Å². The highest BCUT2D eigenvalue weighted by atomic mass is 19.1. The second-order valence-electron chi connectivity index (χ2n) is 5.58. The maximum atomic E-state index is 13.7.